The van der Waals surface area contributed by atoms with Gasteiger partial charge in [-0.25, -0.2) is 8.42 Å². The molecule has 2 aliphatic rings. The molecule has 1 aromatic carbocycles. The summed E-state index contributed by atoms with van der Waals surface area (Å²) in [4.78, 5) is 23.6. The summed E-state index contributed by atoms with van der Waals surface area (Å²) in [6.45, 7) is 2.97. The van der Waals surface area contributed by atoms with E-state index in [2.05, 4.69) is 10.6 Å². The van der Waals surface area contributed by atoms with Crippen LogP contribution in [0.4, 0.5) is 5.69 Å². The number of nitrogens with one attached hydrogen (secondary N) is 2. The van der Waals surface area contributed by atoms with Crippen LogP contribution in [0.25, 0.3) is 0 Å². The molecule has 1 atom stereocenters. The molecule has 1 unspecified atom stereocenters. The average Bonchev–Trinajstić information content (AvgIpc) is 3.32. The summed E-state index contributed by atoms with van der Waals surface area (Å²) < 4.78 is 32.1. The van der Waals surface area contributed by atoms with Gasteiger partial charge in [-0.3, -0.25) is 9.59 Å². The van der Waals surface area contributed by atoms with Crippen molar-refractivity contribution >= 4 is 27.5 Å². The van der Waals surface area contributed by atoms with E-state index >= 15 is 0 Å². The first kappa shape index (κ1) is 17.7. The third-order valence-corrected chi connectivity index (χ3v) is 6.15. The number of hydrogen-bond acceptors (Lipinski definition) is 5. The molecular weight excluding hydrogens is 346 g/mol. The fourth-order valence-corrected chi connectivity index (χ4v) is 3.92. The molecule has 1 aromatic rings. The number of ether oxygens (including phenoxy) is 1. The third kappa shape index (κ3) is 3.62. The highest BCUT2D eigenvalue weighted by atomic mass is 32.2. The first-order valence-corrected chi connectivity index (χ1v) is 9.50. The van der Waals surface area contributed by atoms with Gasteiger partial charge in [0.25, 0.3) is 5.91 Å². The van der Waals surface area contributed by atoms with Gasteiger partial charge in [0.1, 0.15) is 5.75 Å². The van der Waals surface area contributed by atoms with E-state index in [1.165, 1.54) is 13.1 Å². The van der Waals surface area contributed by atoms with E-state index in [0.29, 0.717) is 17.0 Å². The molecule has 3 rings (SSSR count). The third-order valence-electron chi connectivity index (χ3n) is 4.20. The largest absolute Gasteiger partial charge is 0.479 e. The van der Waals surface area contributed by atoms with Crippen LogP contribution in [-0.4, -0.2) is 50.3 Å². The number of aryl methyl sites for hydroxylation is 1. The minimum Gasteiger partial charge on any atom is -0.479 e. The van der Waals surface area contributed by atoms with Crippen LogP contribution >= 0.6 is 0 Å². The smallest absolute Gasteiger partial charge is 0.265 e. The van der Waals surface area contributed by atoms with Crippen molar-refractivity contribution in [2.75, 3.05) is 18.9 Å². The Balaban J connectivity index is 1.85. The van der Waals surface area contributed by atoms with Crippen LogP contribution in [0.15, 0.2) is 17.0 Å². The molecule has 2 N–H and O–H groups in total. The maximum atomic E-state index is 12.8. The lowest BCUT2D eigenvalue weighted by Gasteiger charge is -2.25. The summed E-state index contributed by atoms with van der Waals surface area (Å²) in [5, 5.41) is 5.45. The van der Waals surface area contributed by atoms with E-state index in [1.807, 2.05) is 0 Å². The molecule has 0 saturated heterocycles. The van der Waals surface area contributed by atoms with E-state index < -0.39 is 16.1 Å². The molecule has 1 saturated carbocycles. The minimum atomic E-state index is -3.86. The van der Waals surface area contributed by atoms with Gasteiger partial charge in [0.2, 0.25) is 15.9 Å². The van der Waals surface area contributed by atoms with Gasteiger partial charge in [-0.15, -0.1) is 0 Å². The van der Waals surface area contributed by atoms with Gasteiger partial charge in [-0.2, -0.15) is 4.31 Å². The molecule has 0 radical (unpaired) electrons. The van der Waals surface area contributed by atoms with Crippen LogP contribution in [0.3, 0.4) is 0 Å². The van der Waals surface area contributed by atoms with Crippen LogP contribution in [0, 0.1) is 6.92 Å². The van der Waals surface area contributed by atoms with Gasteiger partial charge in [0.15, 0.2) is 6.10 Å². The normalized spacial score (nSPS) is 19.8. The zero-order valence-electron chi connectivity index (χ0n) is 14.3. The lowest BCUT2D eigenvalue weighted by atomic mass is 10.1. The molecule has 0 spiro atoms. The lowest BCUT2D eigenvalue weighted by molar-refractivity contribution is -0.123. The topological polar surface area (TPSA) is 105 Å². The Labute approximate surface area is 146 Å². The van der Waals surface area contributed by atoms with E-state index in [1.54, 1.807) is 19.9 Å². The number of sulfonamides is 1. The molecule has 1 aliphatic carbocycles. The molecule has 136 valence electrons. The SMILES string of the molecule is Cc1cc2c(cc1S(=O)(=O)N(C)CC(=O)NC1CC1)OC(C)C(=O)N2. The van der Waals surface area contributed by atoms with Gasteiger partial charge in [0.05, 0.1) is 17.1 Å². The molecule has 9 heteroatoms. The van der Waals surface area contributed by atoms with Crippen LogP contribution in [-0.2, 0) is 19.6 Å². The maximum Gasteiger partial charge on any atom is 0.265 e. The molecule has 0 aromatic heterocycles. The molecule has 0 bridgehead atoms. The highest BCUT2D eigenvalue weighted by Crippen LogP contribution is 2.35. The number of fused-ring (bicyclic) bond motifs is 1. The number of amides is 2. The average molecular weight is 367 g/mol. The summed E-state index contributed by atoms with van der Waals surface area (Å²) in [5.74, 6) is -0.301. The van der Waals surface area contributed by atoms with Crippen molar-refractivity contribution in [1.29, 1.82) is 0 Å². The predicted molar refractivity (Wildman–Crippen MR) is 90.9 cm³/mol. The number of carbonyl (C=O) groups is 2. The van der Waals surface area contributed by atoms with Crippen LogP contribution in [0.5, 0.6) is 5.75 Å². The monoisotopic (exact) mass is 367 g/mol. The van der Waals surface area contributed by atoms with Crippen molar-refractivity contribution in [3.05, 3.63) is 17.7 Å². The first-order valence-electron chi connectivity index (χ1n) is 8.06. The second kappa shape index (κ2) is 6.30. The Morgan fingerprint density at radius 3 is 2.72 bits per heavy atom. The number of benzene rings is 1. The summed E-state index contributed by atoms with van der Waals surface area (Å²) in [6.07, 6.45) is 1.17. The van der Waals surface area contributed by atoms with Crippen molar-refractivity contribution < 1.29 is 22.7 Å². The summed E-state index contributed by atoms with van der Waals surface area (Å²) in [7, 11) is -2.50. The Bertz CT molecular complexity index is 832. The van der Waals surface area contributed by atoms with Crippen LogP contribution in [0.1, 0.15) is 25.3 Å². The van der Waals surface area contributed by atoms with E-state index in [4.69, 9.17) is 4.74 Å². The number of hydrogen-bond donors (Lipinski definition) is 2. The van der Waals surface area contributed by atoms with Gasteiger partial charge in [0, 0.05) is 19.2 Å². The molecule has 1 aliphatic heterocycles. The van der Waals surface area contributed by atoms with E-state index in [9.17, 15) is 18.0 Å². The van der Waals surface area contributed by atoms with Gasteiger partial charge in [-0.05, 0) is 38.3 Å². The van der Waals surface area contributed by atoms with Gasteiger partial charge < -0.3 is 15.4 Å². The number of anilines is 1. The number of likely N-dealkylation sites (N-methyl/N-ethyl adjacent to an activating group) is 1. The minimum absolute atomic E-state index is 0.0521. The van der Waals surface area contributed by atoms with Crippen molar-refractivity contribution in [3.63, 3.8) is 0 Å². The first-order chi connectivity index (χ1) is 11.7. The van der Waals surface area contributed by atoms with Gasteiger partial charge in [-0.1, -0.05) is 0 Å². The zero-order valence-corrected chi connectivity index (χ0v) is 15.1. The Morgan fingerprint density at radius 2 is 2.08 bits per heavy atom. The standard InChI is InChI=1S/C16H21N3O5S/c1-9-6-12-13(24-10(2)16(21)18-12)7-14(9)25(22,23)19(3)8-15(20)17-11-4-5-11/h6-7,10-11H,4-5,8H2,1-3H3,(H,17,20)(H,18,21). The zero-order chi connectivity index (χ0) is 18.4. The number of carbonyl (C=O) groups excluding carboxylic acids is 2. The summed E-state index contributed by atoms with van der Waals surface area (Å²) in [5.41, 5.74) is 0.903. The summed E-state index contributed by atoms with van der Waals surface area (Å²) in [6, 6.07) is 3.13. The predicted octanol–water partition coefficient (Wildman–Crippen LogP) is 0.614. The molecule has 25 heavy (non-hydrogen) atoms. The molecule has 2 amide bonds. The highest BCUT2D eigenvalue weighted by Gasteiger charge is 2.31. The summed E-state index contributed by atoms with van der Waals surface area (Å²) >= 11 is 0. The second-order valence-electron chi connectivity index (χ2n) is 6.47. The fraction of sp³-hybridized carbons (Fsp3) is 0.500. The molecule has 1 heterocycles. The van der Waals surface area contributed by atoms with Gasteiger partial charge >= 0.3 is 0 Å². The quantitative estimate of drug-likeness (QED) is 0.794. The Kier molecular flexibility index (Phi) is 4.46. The van der Waals surface area contributed by atoms with Crippen LogP contribution < -0.4 is 15.4 Å². The molecular formula is C16H21N3O5S. The number of rotatable bonds is 5. The van der Waals surface area contributed by atoms with Crippen molar-refractivity contribution in [2.24, 2.45) is 0 Å². The van der Waals surface area contributed by atoms with Crippen molar-refractivity contribution in [2.45, 2.75) is 43.7 Å². The van der Waals surface area contributed by atoms with Crippen molar-refractivity contribution in [1.82, 2.24) is 9.62 Å². The lowest BCUT2D eigenvalue weighted by Crippen LogP contribution is -2.39. The van der Waals surface area contributed by atoms with Crippen LogP contribution in [0.2, 0.25) is 0 Å². The fourth-order valence-electron chi connectivity index (χ4n) is 2.58. The number of nitrogens with zero attached hydrogens (tertiary/aromatic N) is 1. The molecule has 1 fully saturated rings. The van der Waals surface area contributed by atoms with E-state index in [-0.39, 0.29) is 29.3 Å². The van der Waals surface area contributed by atoms with Crippen molar-refractivity contribution in [3.8, 4) is 5.75 Å². The Hall–Kier alpha value is -2.13. The maximum absolute atomic E-state index is 12.8. The Morgan fingerprint density at radius 1 is 1.40 bits per heavy atom. The molecule has 8 nitrogen and oxygen atoms in total. The van der Waals surface area contributed by atoms with E-state index in [0.717, 1.165) is 17.1 Å². The second-order valence-corrected chi connectivity index (χ2v) is 8.48. The highest BCUT2D eigenvalue weighted by molar-refractivity contribution is 7.89.